The van der Waals surface area contributed by atoms with E-state index in [0.717, 1.165) is 11.1 Å². The van der Waals surface area contributed by atoms with E-state index in [1.54, 1.807) is 43.0 Å². The summed E-state index contributed by atoms with van der Waals surface area (Å²) in [6, 6.07) is 10.5. The topological polar surface area (TPSA) is 69.2 Å². The number of nitrogens with zero attached hydrogens (tertiary/aromatic N) is 2. The quantitative estimate of drug-likeness (QED) is 0.628. The number of hydrogen-bond donors (Lipinski definition) is 0. The van der Waals surface area contributed by atoms with Crippen LogP contribution < -0.4 is 4.74 Å². The Bertz CT molecular complexity index is 992. The van der Waals surface area contributed by atoms with E-state index in [2.05, 4.69) is 25.9 Å². The van der Waals surface area contributed by atoms with Crippen LogP contribution in [-0.2, 0) is 15.6 Å². The van der Waals surface area contributed by atoms with Crippen molar-refractivity contribution in [2.45, 2.75) is 10.6 Å². The molecule has 25 heavy (non-hydrogen) atoms. The van der Waals surface area contributed by atoms with Gasteiger partial charge in [0.25, 0.3) is 0 Å². The van der Waals surface area contributed by atoms with E-state index in [4.69, 9.17) is 4.74 Å². The maximum absolute atomic E-state index is 12.8. The molecule has 2 heterocycles. The van der Waals surface area contributed by atoms with Gasteiger partial charge in [0, 0.05) is 40.4 Å². The van der Waals surface area contributed by atoms with Crippen LogP contribution in [0, 0.1) is 0 Å². The molecule has 0 amide bonds. The van der Waals surface area contributed by atoms with E-state index in [-0.39, 0.29) is 10.6 Å². The predicted molar refractivity (Wildman–Crippen MR) is 99.1 cm³/mol. The first kappa shape index (κ1) is 17.6. The van der Waals surface area contributed by atoms with Gasteiger partial charge in [0.05, 0.1) is 12.9 Å². The van der Waals surface area contributed by atoms with Crippen LogP contribution in [0.25, 0.3) is 11.1 Å². The first-order valence-electron chi connectivity index (χ1n) is 7.40. The van der Waals surface area contributed by atoms with Crippen molar-refractivity contribution in [2.75, 3.05) is 7.11 Å². The smallest absolute Gasteiger partial charge is 0.186 e. The highest BCUT2D eigenvalue weighted by molar-refractivity contribution is 9.10. The number of benzene rings is 1. The summed E-state index contributed by atoms with van der Waals surface area (Å²) in [5.41, 5.74) is 2.31. The SMILES string of the molecule is COc1ccc(Br)cc1S(=O)(=O)Cc1cncc(-c2cccnc2)c1. The second-order valence-electron chi connectivity index (χ2n) is 5.38. The summed E-state index contributed by atoms with van der Waals surface area (Å²) in [5, 5.41) is 0. The fourth-order valence-corrected chi connectivity index (χ4v) is 4.48. The summed E-state index contributed by atoms with van der Waals surface area (Å²) < 4.78 is 31.5. The lowest BCUT2D eigenvalue weighted by atomic mass is 10.1. The van der Waals surface area contributed by atoms with Crippen LogP contribution in [0.2, 0.25) is 0 Å². The standard InChI is InChI=1S/C18H15BrN2O3S/c1-24-17-5-4-16(19)8-18(17)25(22,23)12-13-7-15(11-21-9-13)14-3-2-6-20-10-14/h2-11H,12H2,1H3. The first-order chi connectivity index (χ1) is 12.0. The van der Waals surface area contributed by atoms with Crippen LogP contribution in [-0.4, -0.2) is 25.5 Å². The van der Waals surface area contributed by atoms with Crippen LogP contribution in [0.15, 0.2) is 70.6 Å². The Kier molecular flexibility index (Phi) is 5.15. The van der Waals surface area contributed by atoms with Crippen molar-refractivity contribution in [3.05, 3.63) is 71.2 Å². The van der Waals surface area contributed by atoms with Crippen molar-refractivity contribution in [1.29, 1.82) is 0 Å². The van der Waals surface area contributed by atoms with Gasteiger partial charge in [-0.2, -0.15) is 0 Å². The molecule has 2 aromatic heterocycles. The Morgan fingerprint density at radius 2 is 1.84 bits per heavy atom. The van der Waals surface area contributed by atoms with Gasteiger partial charge in [0.1, 0.15) is 10.6 Å². The summed E-state index contributed by atoms with van der Waals surface area (Å²) in [4.78, 5) is 8.39. The summed E-state index contributed by atoms with van der Waals surface area (Å²) in [6.07, 6.45) is 6.64. The molecule has 0 aliphatic heterocycles. The number of rotatable bonds is 5. The zero-order valence-electron chi connectivity index (χ0n) is 13.4. The third-order valence-corrected chi connectivity index (χ3v) is 5.80. The summed E-state index contributed by atoms with van der Waals surface area (Å²) >= 11 is 3.31. The minimum absolute atomic E-state index is 0.149. The van der Waals surface area contributed by atoms with Gasteiger partial charge in [-0.15, -0.1) is 0 Å². The lowest BCUT2D eigenvalue weighted by molar-refractivity contribution is 0.402. The average molecular weight is 419 g/mol. The minimum atomic E-state index is -3.59. The molecular formula is C18H15BrN2O3S. The average Bonchev–Trinajstić information content (AvgIpc) is 2.62. The molecule has 128 valence electrons. The highest BCUT2D eigenvalue weighted by Gasteiger charge is 2.21. The van der Waals surface area contributed by atoms with Crippen LogP contribution in [0.5, 0.6) is 5.75 Å². The second-order valence-corrected chi connectivity index (χ2v) is 8.25. The van der Waals surface area contributed by atoms with Crippen molar-refractivity contribution >= 4 is 25.8 Å². The van der Waals surface area contributed by atoms with E-state index in [1.807, 2.05) is 18.2 Å². The fraction of sp³-hybridized carbons (Fsp3) is 0.111. The largest absolute Gasteiger partial charge is 0.495 e. The van der Waals surface area contributed by atoms with Gasteiger partial charge in [-0.1, -0.05) is 22.0 Å². The molecule has 0 saturated carbocycles. The van der Waals surface area contributed by atoms with Crippen molar-refractivity contribution in [3.8, 4) is 16.9 Å². The zero-order chi connectivity index (χ0) is 17.9. The van der Waals surface area contributed by atoms with Gasteiger partial charge in [-0.25, -0.2) is 8.42 Å². The number of ether oxygens (including phenoxy) is 1. The van der Waals surface area contributed by atoms with E-state index in [0.29, 0.717) is 15.8 Å². The molecule has 3 rings (SSSR count). The van der Waals surface area contributed by atoms with Crippen molar-refractivity contribution in [2.24, 2.45) is 0 Å². The zero-order valence-corrected chi connectivity index (χ0v) is 15.8. The van der Waals surface area contributed by atoms with Crippen LogP contribution >= 0.6 is 15.9 Å². The number of aromatic nitrogens is 2. The van der Waals surface area contributed by atoms with Gasteiger partial charge < -0.3 is 4.74 Å². The summed E-state index contributed by atoms with van der Waals surface area (Å²) in [7, 11) is -2.14. The Morgan fingerprint density at radius 3 is 2.56 bits per heavy atom. The number of sulfone groups is 1. The molecule has 0 saturated heterocycles. The molecule has 0 atom stereocenters. The molecule has 3 aromatic rings. The molecular weight excluding hydrogens is 404 g/mol. The molecule has 0 spiro atoms. The fourth-order valence-electron chi connectivity index (χ4n) is 2.45. The maximum Gasteiger partial charge on any atom is 0.186 e. The molecule has 0 unspecified atom stereocenters. The molecule has 0 aliphatic carbocycles. The third-order valence-electron chi connectivity index (χ3n) is 3.61. The molecule has 0 fully saturated rings. The van der Waals surface area contributed by atoms with Crippen LogP contribution in [0.1, 0.15) is 5.56 Å². The number of halogens is 1. The van der Waals surface area contributed by atoms with E-state index in [9.17, 15) is 8.42 Å². The molecule has 0 N–H and O–H groups in total. The molecule has 1 aromatic carbocycles. The van der Waals surface area contributed by atoms with E-state index in [1.165, 1.54) is 7.11 Å². The Morgan fingerprint density at radius 1 is 1.04 bits per heavy atom. The van der Waals surface area contributed by atoms with Gasteiger partial charge in [-0.3, -0.25) is 9.97 Å². The van der Waals surface area contributed by atoms with Gasteiger partial charge in [0.2, 0.25) is 0 Å². The molecule has 0 radical (unpaired) electrons. The van der Waals surface area contributed by atoms with Crippen LogP contribution in [0.4, 0.5) is 0 Å². The van der Waals surface area contributed by atoms with Gasteiger partial charge in [0.15, 0.2) is 9.84 Å². The normalized spacial score (nSPS) is 11.3. The Hall–Kier alpha value is -2.25. The van der Waals surface area contributed by atoms with Gasteiger partial charge in [-0.05, 0) is 35.9 Å². The lowest BCUT2D eigenvalue weighted by Crippen LogP contribution is -2.07. The molecule has 0 bridgehead atoms. The maximum atomic E-state index is 12.8. The number of hydrogen-bond acceptors (Lipinski definition) is 5. The third kappa shape index (κ3) is 4.05. The summed E-state index contributed by atoms with van der Waals surface area (Å²) in [5.74, 6) is 0.153. The molecule has 5 nitrogen and oxygen atoms in total. The Balaban J connectivity index is 1.96. The minimum Gasteiger partial charge on any atom is -0.495 e. The number of methoxy groups -OCH3 is 1. The molecule has 0 aliphatic rings. The van der Waals surface area contributed by atoms with E-state index >= 15 is 0 Å². The summed E-state index contributed by atoms with van der Waals surface area (Å²) in [6.45, 7) is 0. The second kappa shape index (κ2) is 7.33. The lowest BCUT2D eigenvalue weighted by Gasteiger charge is -2.11. The predicted octanol–water partition coefficient (Wildman–Crippen LogP) is 3.89. The number of pyridine rings is 2. The van der Waals surface area contributed by atoms with E-state index < -0.39 is 9.84 Å². The van der Waals surface area contributed by atoms with Gasteiger partial charge >= 0.3 is 0 Å². The Labute approximate surface area is 154 Å². The van der Waals surface area contributed by atoms with Crippen molar-refractivity contribution in [3.63, 3.8) is 0 Å². The highest BCUT2D eigenvalue weighted by atomic mass is 79.9. The highest BCUT2D eigenvalue weighted by Crippen LogP contribution is 2.30. The van der Waals surface area contributed by atoms with Crippen LogP contribution in [0.3, 0.4) is 0 Å². The van der Waals surface area contributed by atoms with Crippen molar-refractivity contribution in [1.82, 2.24) is 9.97 Å². The monoisotopic (exact) mass is 418 g/mol. The molecule has 7 heteroatoms. The first-order valence-corrected chi connectivity index (χ1v) is 9.85. The van der Waals surface area contributed by atoms with Crippen molar-refractivity contribution < 1.29 is 13.2 Å².